The molecule has 1 N–H and O–H groups in total. The Kier molecular flexibility index (Phi) is 6.82. The third-order valence-corrected chi connectivity index (χ3v) is 5.58. The van der Waals surface area contributed by atoms with E-state index in [0.717, 1.165) is 24.6 Å². The number of amides is 1. The topological polar surface area (TPSA) is 48.5 Å². The van der Waals surface area contributed by atoms with E-state index in [-0.39, 0.29) is 5.91 Å². The van der Waals surface area contributed by atoms with Gasteiger partial charge in [-0.05, 0) is 68.8 Å². The summed E-state index contributed by atoms with van der Waals surface area (Å²) in [6.45, 7) is 9.28. The van der Waals surface area contributed by atoms with Crippen LogP contribution in [0.5, 0.6) is 0 Å². The summed E-state index contributed by atoms with van der Waals surface area (Å²) in [6, 6.07) is 3.89. The lowest BCUT2D eigenvalue weighted by atomic mass is 9.94. The zero-order valence-electron chi connectivity index (χ0n) is 15.5. The van der Waals surface area contributed by atoms with Gasteiger partial charge in [0.2, 0.25) is 5.91 Å². The number of aromatic nitrogens is 1. The van der Waals surface area contributed by atoms with Gasteiger partial charge in [-0.25, -0.2) is 0 Å². The number of likely N-dealkylation sites (tertiary alicyclic amines) is 2. The van der Waals surface area contributed by atoms with Crippen molar-refractivity contribution in [3.05, 3.63) is 30.1 Å². The summed E-state index contributed by atoms with van der Waals surface area (Å²) in [4.78, 5) is 21.3. The number of pyridine rings is 1. The summed E-state index contributed by atoms with van der Waals surface area (Å²) in [7, 11) is 0. The SMILES string of the molecule is CC1CCN(C[C@H]2CCCN(CC(=O)NCc3cccnc3)C2)CC1. The molecule has 25 heavy (non-hydrogen) atoms. The van der Waals surface area contributed by atoms with Crippen molar-refractivity contribution in [1.29, 1.82) is 0 Å². The van der Waals surface area contributed by atoms with E-state index in [4.69, 9.17) is 0 Å². The molecule has 0 aromatic carbocycles. The standard InChI is InChI=1S/C20H32N4O/c1-17-6-10-23(11-7-17)14-19-5-3-9-24(15-19)16-20(25)22-13-18-4-2-8-21-12-18/h2,4,8,12,17,19H,3,5-7,9-11,13-16H2,1H3,(H,22,25)/t19-/m1/s1. The van der Waals surface area contributed by atoms with Gasteiger partial charge >= 0.3 is 0 Å². The van der Waals surface area contributed by atoms with Gasteiger partial charge in [0.15, 0.2) is 0 Å². The molecule has 2 aliphatic heterocycles. The molecule has 138 valence electrons. The highest BCUT2D eigenvalue weighted by Crippen LogP contribution is 2.21. The summed E-state index contributed by atoms with van der Waals surface area (Å²) < 4.78 is 0. The van der Waals surface area contributed by atoms with E-state index in [9.17, 15) is 4.79 Å². The lowest BCUT2D eigenvalue weighted by Gasteiger charge is -2.37. The Labute approximate surface area is 151 Å². The van der Waals surface area contributed by atoms with E-state index in [0.29, 0.717) is 19.0 Å². The highest BCUT2D eigenvalue weighted by atomic mass is 16.2. The highest BCUT2D eigenvalue weighted by Gasteiger charge is 2.25. The van der Waals surface area contributed by atoms with Gasteiger partial charge in [-0.2, -0.15) is 0 Å². The van der Waals surface area contributed by atoms with Crippen molar-refractivity contribution in [2.45, 2.75) is 39.2 Å². The molecule has 3 rings (SSSR count). The number of nitrogens with one attached hydrogen (secondary N) is 1. The van der Waals surface area contributed by atoms with Crippen LogP contribution in [0.25, 0.3) is 0 Å². The Hall–Kier alpha value is -1.46. The van der Waals surface area contributed by atoms with Crippen molar-refractivity contribution in [2.75, 3.05) is 39.3 Å². The van der Waals surface area contributed by atoms with Crippen molar-refractivity contribution in [1.82, 2.24) is 20.1 Å². The molecular weight excluding hydrogens is 312 g/mol. The van der Waals surface area contributed by atoms with Crippen LogP contribution in [0, 0.1) is 11.8 Å². The van der Waals surface area contributed by atoms with E-state index in [1.165, 1.54) is 45.3 Å². The van der Waals surface area contributed by atoms with Crippen LogP contribution in [0.1, 0.15) is 38.2 Å². The normalized spacial score (nSPS) is 23.5. The van der Waals surface area contributed by atoms with Gasteiger partial charge in [-0.15, -0.1) is 0 Å². The zero-order valence-corrected chi connectivity index (χ0v) is 15.5. The number of carbonyl (C=O) groups excluding carboxylic acids is 1. The minimum atomic E-state index is 0.122. The molecule has 1 aromatic heterocycles. The van der Waals surface area contributed by atoms with Crippen molar-refractivity contribution in [3.63, 3.8) is 0 Å². The molecule has 0 saturated carbocycles. The predicted molar refractivity (Wildman–Crippen MR) is 100 cm³/mol. The molecule has 0 bridgehead atoms. The number of nitrogens with zero attached hydrogens (tertiary/aromatic N) is 3. The fraction of sp³-hybridized carbons (Fsp3) is 0.700. The molecule has 5 heteroatoms. The first-order valence-electron chi connectivity index (χ1n) is 9.79. The molecule has 0 spiro atoms. The van der Waals surface area contributed by atoms with Crippen LogP contribution < -0.4 is 5.32 Å². The van der Waals surface area contributed by atoms with Gasteiger partial charge in [0.05, 0.1) is 6.54 Å². The van der Waals surface area contributed by atoms with E-state index in [1.807, 2.05) is 12.1 Å². The summed E-state index contributed by atoms with van der Waals surface area (Å²) in [5.74, 6) is 1.73. The minimum Gasteiger partial charge on any atom is -0.351 e. The smallest absolute Gasteiger partial charge is 0.234 e. The maximum Gasteiger partial charge on any atom is 0.234 e. The second-order valence-electron chi connectivity index (χ2n) is 7.86. The number of hydrogen-bond donors (Lipinski definition) is 1. The quantitative estimate of drug-likeness (QED) is 0.859. The number of carbonyl (C=O) groups is 1. The predicted octanol–water partition coefficient (Wildman–Crippen LogP) is 2.14. The van der Waals surface area contributed by atoms with Crippen molar-refractivity contribution in [3.8, 4) is 0 Å². The molecule has 2 saturated heterocycles. The second-order valence-corrected chi connectivity index (χ2v) is 7.86. The van der Waals surface area contributed by atoms with Gasteiger partial charge in [-0.3, -0.25) is 14.7 Å². The molecule has 5 nitrogen and oxygen atoms in total. The van der Waals surface area contributed by atoms with Crippen molar-refractivity contribution < 1.29 is 4.79 Å². The molecule has 0 aliphatic carbocycles. The lowest BCUT2D eigenvalue weighted by Crippen LogP contribution is -2.46. The molecule has 1 aromatic rings. The number of piperidine rings is 2. The maximum atomic E-state index is 12.2. The van der Waals surface area contributed by atoms with Crippen molar-refractivity contribution in [2.24, 2.45) is 11.8 Å². The Bertz CT molecular complexity index is 528. The molecule has 2 fully saturated rings. The van der Waals surface area contributed by atoms with E-state index in [2.05, 4.69) is 27.0 Å². The largest absolute Gasteiger partial charge is 0.351 e. The van der Waals surface area contributed by atoms with Gasteiger partial charge in [0.1, 0.15) is 0 Å². The third-order valence-electron chi connectivity index (χ3n) is 5.58. The van der Waals surface area contributed by atoms with Gasteiger partial charge in [0, 0.05) is 32.0 Å². The first-order chi connectivity index (χ1) is 12.2. The van der Waals surface area contributed by atoms with Crippen LogP contribution >= 0.6 is 0 Å². The fourth-order valence-electron chi connectivity index (χ4n) is 4.02. The average Bonchev–Trinajstić information content (AvgIpc) is 2.63. The van der Waals surface area contributed by atoms with Crippen LogP contribution in [-0.4, -0.2) is 60.0 Å². The van der Waals surface area contributed by atoms with Gasteiger partial charge in [0.25, 0.3) is 0 Å². The third kappa shape index (κ3) is 6.08. The van der Waals surface area contributed by atoms with Gasteiger partial charge in [-0.1, -0.05) is 13.0 Å². The monoisotopic (exact) mass is 344 g/mol. The lowest BCUT2D eigenvalue weighted by molar-refractivity contribution is -0.122. The van der Waals surface area contributed by atoms with E-state index < -0.39 is 0 Å². The minimum absolute atomic E-state index is 0.122. The average molecular weight is 345 g/mol. The maximum absolute atomic E-state index is 12.2. The van der Waals surface area contributed by atoms with Crippen LogP contribution in [0.3, 0.4) is 0 Å². The Morgan fingerprint density at radius 3 is 2.84 bits per heavy atom. The Morgan fingerprint density at radius 2 is 2.08 bits per heavy atom. The molecule has 0 unspecified atom stereocenters. The van der Waals surface area contributed by atoms with Crippen molar-refractivity contribution >= 4 is 5.91 Å². The molecule has 1 atom stereocenters. The summed E-state index contributed by atoms with van der Waals surface area (Å²) >= 11 is 0. The summed E-state index contributed by atoms with van der Waals surface area (Å²) in [6.07, 6.45) is 8.75. The first-order valence-corrected chi connectivity index (χ1v) is 9.79. The van der Waals surface area contributed by atoms with Gasteiger partial charge < -0.3 is 10.2 Å². The Morgan fingerprint density at radius 1 is 1.24 bits per heavy atom. The molecule has 0 radical (unpaired) electrons. The van der Waals surface area contributed by atoms with E-state index in [1.54, 1.807) is 12.4 Å². The van der Waals surface area contributed by atoms with Crippen LogP contribution in [0.2, 0.25) is 0 Å². The molecule has 2 aliphatic rings. The number of hydrogen-bond acceptors (Lipinski definition) is 4. The van der Waals surface area contributed by atoms with Crippen LogP contribution in [0.4, 0.5) is 0 Å². The first kappa shape index (κ1) is 18.3. The van der Waals surface area contributed by atoms with Crippen LogP contribution in [0.15, 0.2) is 24.5 Å². The molecule has 3 heterocycles. The number of rotatable bonds is 6. The summed E-state index contributed by atoms with van der Waals surface area (Å²) in [5.41, 5.74) is 1.05. The second kappa shape index (κ2) is 9.30. The molecular formula is C20H32N4O. The Balaban J connectivity index is 1.38. The molecule has 1 amide bonds. The van der Waals surface area contributed by atoms with Crippen LogP contribution in [-0.2, 0) is 11.3 Å². The fourth-order valence-corrected chi connectivity index (χ4v) is 4.02. The zero-order chi connectivity index (χ0) is 17.5. The summed E-state index contributed by atoms with van der Waals surface area (Å²) in [5, 5.41) is 3.02. The van der Waals surface area contributed by atoms with E-state index >= 15 is 0 Å². The highest BCUT2D eigenvalue weighted by molar-refractivity contribution is 5.78.